The monoisotopic (exact) mass is 316 g/mol. The van der Waals surface area contributed by atoms with Crippen LogP contribution in [0.4, 0.5) is 0 Å². The summed E-state index contributed by atoms with van der Waals surface area (Å²) in [6.07, 6.45) is 1.99. The van der Waals surface area contributed by atoms with Crippen molar-refractivity contribution in [3.63, 3.8) is 0 Å². The van der Waals surface area contributed by atoms with Crippen LogP contribution >= 0.6 is 0 Å². The third kappa shape index (κ3) is 4.29. The average molecular weight is 316 g/mol. The predicted octanol–water partition coefficient (Wildman–Crippen LogP) is 1.44. The Labute approximate surface area is 126 Å². The third-order valence-corrected chi connectivity index (χ3v) is 5.37. The van der Waals surface area contributed by atoms with E-state index >= 15 is 0 Å². The van der Waals surface area contributed by atoms with E-state index in [1.165, 1.54) is 4.31 Å². The van der Waals surface area contributed by atoms with Gasteiger partial charge >= 0.3 is 0 Å². The number of piperidine rings is 1. The van der Waals surface area contributed by atoms with Crippen LogP contribution in [0, 0.1) is 5.92 Å². The zero-order valence-electron chi connectivity index (χ0n) is 12.7. The van der Waals surface area contributed by atoms with Gasteiger partial charge in [-0.1, -0.05) is 6.92 Å². The summed E-state index contributed by atoms with van der Waals surface area (Å²) in [6.45, 7) is 5.03. The fraction of sp³-hybridized carbons (Fsp3) is 0.714. The first-order chi connectivity index (χ1) is 10.0. The molecular weight excluding hydrogens is 292 g/mol. The molecule has 1 aromatic rings. The Balaban J connectivity index is 1.98. The van der Waals surface area contributed by atoms with E-state index in [4.69, 9.17) is 9.15 Å². The Bertz CT molecular complexity index is 541. The SMILES string of the molecule is COCCNCc1ccc(S(=O)(=O)N2CCCC(C)C2)o1. The average Bonchev–Trinajstić information content (AvgIpc) is 2.93. The number of hydrogen-bond acceptors (Lipinski definition) is 5. The van der Waals surface area contributed by atoms with Gasteiger partial charge in [-0.25, -0.2) is 8.42 Å². The maximum absolute atomic E-state index is 12.5. The van der Waals surface area contributed by atoms with Crippen LogP contribution in [0.5, 0.6) is 0 Å². The summed E-state index contributed by atoms with van der Waals surface area (Å²) in [6, 6.07) is 3.25. The van der Waals surface area contributed by atoms with Crippen molar-refractivity contribution in [3.05, 3.63) is 17.9 Å². The molecule has 0 amide bonds. The second-order valence-electron chi connectivity index (χ2n) is 5.50. The second-order valence-corrected chi connectivity index (χ2v) is 7.37. The number of ether oxygens (including phenoxy) is 1. The fourth-order valence-electron chi connectivity index (χ4n) is 2.47. The second kappa shape index (κ2) is 7.40. The van der Waals surface area contributed by atoms with Gasteiger partial charge in [0.25, 0.3) is 10.0 Å². The number of furan rings is 1. The van der Waals surface area contributed by atoms with Crippen molar-refractivity contribution in [2.75, 3.05) is 33.4 Å². The predicted molar refractivity (Wildman–Crippen MR) is 79.4 cm³/mol. The van der Waals surface area contributed by atoms with E-state index in [2.05, 4.69) is 12.2 Å². The molecule has 1 atom stereocenters. The van der Waals surface area contributed by atoms with Crippen molar-refractivity contribution in [2.45, 2.75) is 31.4 Å². The molecule has 0 aromatic carbocycles. The standard InChI is InChI=1S/C14H24N2O4S/c1-12-4-3-8-16(11-12)21(17,18)14-6-5-13(20-14)10-15-7-9-19-2/h5-6,12,15H,3-4,7-11H2,1-2H3. The smallest absolute Gasteiger partial charge is 0.276 e. The molecule has 1 aromatic heterocycles. The highest BCUT2D eigenvalue weighted by Crippen LogP contribution is 2.24. The number of nitrogens with zero attached hydrogens (tertiary/aromatic N) is 1. The molecule has 0 bridgehead atoms. The lowest BCUT2D eigenvalue weighted by Crippen LogP contribution is -2.38. The van der Waals surface area contributed by atoms with Gasteiger partial charge in [0.15, 0.2) is 0 Å². The van der Waals surface area contributed by atoms with Gasteiger partial charge in [0.1, 0.15) is 5.76 Å². The highest BCUT2D eigenvalue weighted by atomic mass is 32.2. The minimum atomic E-state index is -3.50. The third-order valence-electron chi connectivity index (χ3n) is 3.63. The van der Waals surface area contributed by atoms with E-state index in [1.807, 2.05) is 0 Å². The van der Waals surface area contributed by atoms with Gasteiger partial charge in [0.2, 0.25) is 5.09 Å². The van der Waals surface area contributed by atoms with Crippen LogP contribution in [-0.4, -0.2) is 46.1 Å². The number of hydrogen-bond donors (Lipinski definition) is 1. The molecule has 7 heteroatoms. The molecule has 1 saturated heterocycles. The lowest BCUT2D eigenvalue weighted by atomic mass is 10.0. The zero-order valence-corrected chi connectivity index (χ0v) is 13.5. The topological polar surface area (TPSA) is 71.8 Å². The van der Waals surface area contributed by atoms with Crippen molar-refractivity contribution in [2.24, 2.45) is 5.92 Å². The first kappa shape index (κ1) is 16.5. The lowest BCUT2D eigenvalue weighted by molar-refractivity contribution is 0.198. The first-order valence-electron chi connectivity index (χ1n) is 7.32. The van der Waals surface area contributed by atoms with E-state index in [0.29, 0.717) is 44.5 Å². The summed E-state index contributed by atoms with van der Waals surface area (Å²) >= 11 is 0. The molecule has 1 N–H and O–H groups in total. The Morgan fingerprint density at radius 3 is 3.00 bits per heavy atom. The molecule has 120 valence electrons. The van der Waals surface area contributed by atoms with Crippen molar-refractivity contribution < 1.29 is 17.6 Å². The number of methoxy groups -OCH3 is 1. The van der Waals surface area contributed by atoms with Crippen molar-refractivity contribution in [1.29, 1.82) is 0 Å². The van der Waals surface area contributed by atoms with E-state index in [0.717, 1.165) is 12.8 Å². The van der Waals surface area contributed by atoms with Crippen LogP contribution in [0.25, 0.3) is 0 Å². The van der Waals surface area contributed by atoms with Gasteiger partial charge in [-0.2, -0.15) is 4.31 Å². The maximum Gasteiger partial charge on any atom is 0.276 e. The maximum atomic E-state index is 12.5. The van der Waals surface area contributed by atoms with E-state index in [1.54, 1.807) is 19.2 Å². The molecule has 1 aliphatic heterocycles. The largest absolute Gasteiger partial charge is 0.447 e. The molecule has 1 aliphatic rings. The molecule has 0 aliphatic carbocycles. The number of rotatable bonds is 7. The normalized spacial score (nSPS) is 20.8. The highest BCUT2D eigenvalue weighted by Gasteiger charge is 2.30. The quantitative estimate of drug-likeness (QED) is 0.771. The molecule has 0 radical (unpaired) electrons. The van der Waals surface area contributed by atoms with Crippen LogP contribution in [0.3, 0.4) is 0 Å². The molecule has 6 nitrogen and oxygen atoms in total. The summed E-state index contributed by atoms with van der Waals surface area (Å²) in [7, 11) is -1.86. The zero-order chi connectivity index (χ0) is 15.3. The van der Waals surface area contributed by atoms with Gasteiger partial charge in [0.05, 0.1) is 13.2 Å². The van der Waals surface area contributed by atoms with Gasteiger partial charge in [-0.05, 0) is 30.9 Å². The number of nitrogens with one attached hydrogen (secondary N) is 1. The van der Waals surface area contributed by atoms with E-state index in [9.17, 15) is 8.42 Å². The van der Waals surface area contributed by atoms with Crippen LogP contribution in [-0.2, 0) is 21.3 Å². The molecule has 2 heterocycles. The number of sulfonamides is 1. The fourth-order valence-corrected chi connectivity index (χ4v) is 4.00. The van der Waals surface area contributed by atoms with Crippen LogP contribution < -0.4 is 5.32 Å². The van der Waals surface area contributed by atoms with Crippen molar-refractivity contribution in [3.8, 4) is 0 Å². The Hall–Kier alpha value is -0.890. The van der Waals surface area contributed by atoms with Crippen molar-refractivity contribution in [1.82, 2.24) is 9.62 Å². The van der Waals surface area contributed by atoms with Gasteiger partial charge in [-0.3, -0.25) is 0 Å². The molecule has 1 fully saturated rings. The lowest BCUT2D eigenvalue weighted by Gasteiger charge is -2.29. The van der Waals surface area contributed by atoms with Crippen LogP contribution in [0.15, 0.2) is 21.6 Å². The van der Waals surface area contributed by atoms with E-state index in [-0.39, 0.29) is 5.09 Å². The Kier molecular flexibility index (Phi) is 5.80. The Morgan fingerprint density at radius 2 is 2.29 bits per heavy atom. The molecule has 21 heavy (non-hydrogen) atoms. The molecule has 0 spiro atoms. The summed E-state index contributed by atoms with van der Waals surface area (Å²) in [5.74, 6) is 1.02. The van der Waals surface area contributed by atoms with E-state index < -0.39 is 10.0 Å². The van der Waals surface area contributed by atoms with Crippen LogP contribution in [0.2, 0.25) is 0 Å². The van der Waals surface area contributed by atoms with Gasteiger partial charge < -0.3 is 14.5 Å². The van der Waals surface area contributed by atoms with Crippen molar-refractivity contribution >= 4 is 10.0 Å². The first-order valence-corrected chi connectivity index (χ1v) is 8.76. The Morgan fingerprint density at radius 1 is 1.48 bits per heavy atom. The van der Waals surface area contributed by atoms with Gasteiger partial charge in [-0.15, -0.1) is 0 Å². The minimum absolute atomic E-state index is 0.0418. The van der Waals surface area contributed by atoms with Gasteiger partial charge in [0, 0.05) is 26.7 Å². The highest BCUT2D eigenvalue weighted by molar-refractivity contribution is 7.89. The summed E-state index contributed by atoms with van der Waals surface area (Å²) < 4.78 is 37.0. The summed E-state index contributed by atoms with van der Waals surface area (Å²) in [4.78, 5) is 0. The molecular formula is C14H24N2O4S. The summed E-state index contributed by atoms with van der Waals surface area (Å²) in [5.41, 5.74) is 0. The summed E-state index contributed by atoms with van der Waals surface area (Å²) in [5, 5.41) is 3.17. The molecule has 2 rings (SSSR count). The molecule has 1 unspecified atom stereocenters. The minimum Gasteiger partial charge on any atom is -0.447 e. The molecule has 0 saturated carbocycles. The van der Waals surface area contributed by atoms with Crippen LogP contribution in [0.1, 0.15) is 25.5 Å².